The van der Waals surface area contributed by atoms with Crippen molar-refractivity contribution in [1.29, 1.82) is 0 Å². The molecule has 1 aromatic carbocycles. The Hall–Kier alpha value is -2.36. The van der Waals surface area contributed by atoms with Crippen molar-refractivity contribution in [2.75, 3.05) is 14.1 Å². The lowest BCUT2D eigenvalue weighted by molar-refractivity contribution is 0.0825. The number of pyridine rings is 1. The summed E-state index contributed by atoms with van der Waals surface area (Å²) in [4.78, 5) is 17.5. The highest BCUT2D eigenvalue weighted by Crippen LogP contribution is 2.25. The molecule has 0 N–H and O–H groups in total. The number of amides is 1. The van der Waals surface area contributed by atoms with Gasteiger partial charge in [0.25, 0.3) is 5.91 Å². The first-order valence-corrected chi connectivity index (χ1v) is 5.57. The van der Waals surface area contributed by atoms with E-state index in [0.717, 1.165) is 0 Å². The summed E-state index contributed by atoms with van der Waals surface area (Å²) >= 11 is 0. The van der Waals surface area contributed by atoms with Crippen molar-refractivity contribution in [2.45, 2.75) is 0 Å². The molecular formula is C14H14N2O2. The fourth-order valence-electron chi connectivity index (χ4n) is 1.51. The highest BCUT2D eigenvalue weighted by Gasteiger charge is 2.14. The van der Waals surface area contributed by atoms with Crippen LogP contribution in [0.3, 0.4) is 0 Å². The molecular weight excluding hydrogens is 228 g/mol. The Morgan fingerprint density at radius 3 is 2.61 bits per heavy atom. The fraction of sp³-hybridized carbons (Fsp3) is 0.143. The molecule has 4 nitrogen and oxygen atoms in total. The van der Waals surface area contributed by atoms with Crippen molar-refractivity contribution in [1.82, 2.24) is 9.88 Å². The van der Waals surface area contributed by atoms with Crippen molar-refractivity contribution in [3.05, 3.63) is 54.4 Å². The molecule has 2 rings (SSSR count). The van der Waals surface area contributed by atoms with E-state index in [9.17, 15) is 4.79 Å². The van der Waals surface area contributed by atoms with Crippen molar-refractivity contribution in [3.63, 3.8) is 0 Å². The number of nitrogens with zero attached hydrogens (tertiary/aromatic N) is 2. The Labute approximate surface area is 106 Å². The largest absolute Gasteiger partial charge is 0.455 e. The minimum Gasteiger partial charge on any atom is -0.455 e. The summed E-state index contributed by atoms with van der Waals surface area (Å²) in [6.45, 7) is 0. The van der Waals surface area contributed by atoms with Crippen LogP contribution in [0.1, 0.15) is 10.4 Å². The zero-order valence-electron chi connectivity index (χ0n) is 10.3. The molecule has 0 unspecified atom stereocenters. The van der Waals surface area contributed by atoms with E-state index in [2.05, 4.69) is 4.98 Å². The molecule has 1 heterocycles. The zero-order chi connectivity index (χ0) is 13.0. The first-order valence-electron chi connectivity index (χ1n) is 5.57. The van der Waals surface area contributed by atoms with Crippen LogP contribution in [0.2, 0.25) is 0 Å². The number of para-hydroxylation sites is 1. The molecule has 4 heteroatoms. The maximum absolute atomic E-state index is 12.0. The van der Waals surface area contributed by atoms with Gasteiger partial charge in [0.15, 0.2) is 0 Å². The molecule has 0 radical (unpaired) electrons. The van der Waals surface area contributed by atoms with E-state index in [4.69, 9.17) is 4.74 Å². The van der Waals surface area contributed by atoms with E-state index < -0.39 is 0 Å². The van der Waals surface area contributed by atoms with Gasteiger partial charge in [-0.15, -0.1) is 0 Å². The second-order valence-electron chi connectivity index (χ2n) is 3.99. The molecule has 2 aromatic rings. The average Bonchev–Trinajstić information content (AvgIpc) is 2.39. The van der Waals surface area contributed by atoms with Gasteiger partial charge in [0.1, 0.15) is 11.5 Å². The van der Waals surface area contributed by atoms with Gasteiger partial charge in [-0.25, -0.2) is 0 Å². The van der Waals surface area contributed by atoms with E-state index in [-0.39, 0.29) is 5.91 Å². The molecule has 0 aliphatic rings. The monoisotopic (exact) mass is 242 g/mol. The van der Waals surface area contributed by atoms with Gasteiger partial charge < -0.3 is 9.64 Å². The maximum Gasteiger partial charge on any atom is 0.257 e. The number of hydrogen-bond acceptors (Lipinski definition) is 3. The Morgan fingerprint density at radius 1 is 1.17 bits per heavy atom. The topological polar surface area (TPSA) is 42.4 Å². The lowest BCUT2D eigenvalue weighted by atomic mass is 10.2. The minimum atomic E-state index is -0.0884. The molecule has 92 valence electrons. The first kappa shape index (κ1) is 12.1. The van der Waals surface area contributed by atoms with Crippen LogP contribution in [0.5, 0.6) is 11.5 Å². The second-order valence-corrected chi connectivity index (χ2v) is 3.99. The fourth-order valence-corrected chi connectivity index (χ4v) is 1.51. The summed E-state index contributed by atoms with van der Waals surface area (Å²) in [7, 11) is 3.42. The molecule has 0 aliphatic heterocycles. The summed E-state index contributed by atoms with van der Waals surface area (Å²) in [6, 6.07) is 10.7. The third-order valence-electron chi connectivity index (χ3n) is 2.39. The molecule has 18 heavy (non-hydrogen) atoms. The number of benzene rings is 1. The van der Waals surface area contributed by atoms with Crippen LogP contribution in [0.4, 0.5) is 0 Å². The highest BCUT2D eigenvalue weighted by atomic mass is 16.5. The van der Waals surface area contributed by atoms with Crippen LogP contribution in [-0.2, 0) is 0 Å². The van der Waals surface area contributed by atoms with Gasteiger partial charge in [0.2, 0.25) is 0 Å². The van der Waals surface area contributed by atoms with E-state index in [0.29, 0.717) is 17.1 Å². The second kappa shape index (κ2) is 5.31. The van der Waals surface area contributed by atoms with Crippen LogP contribution in [0.25, 0.3) is 0 Å². The van der Waals surface area contributed by atoms with Gasteiger partial charge in [-0.3, -0.25) is 9.78 Å². The lowest BCUT2D eigenvalue weighted by Gasteiger charge is -2.14. The lowest BCUT2D eigenvalue weighted by Crippen LogP contribution is -2.22. The third kappa shape index (κ3) is 2.66. The normalized spacial score (nSPS) is 9.89. The van der Waals surface area contributed by atoms with Gasteiger partial charge in [0, 0.05) is 20.3 Å². The maximum atomic E-state index is 12.0. The summed E-state index contributed by atoms with van der Waals surface area (Å²) in [5, 5.41) is 0. The molecule has 0 saturated carbocycles. The number of ether oxygens (including phenoxy) is 1. The van der Waals surface area contributed by atoms with Crippen LogP contribution >= 0.6 is 0 Å². The molecule has 0 bridgehead atoms. The van der Waals surface area contributed by atoms with Crippen LogP contribution < -0.4 is 4.74 Å². The van der Waals surface area contributed by atoms with Gasteiger partial charge >= 0.3 is 0 Å². The Balaban J connectivity index is 2.31. The van der Waals surface area contributed by atoms with Crippen LogP contribution in [0, 0.1) is 0 Å². The number of rotatable bonds is 3. The quantitative estimate of drug-likeness (QED) is 0.830. The third-order valence-corrected chi connectivity index (χ3v) is 2.39. The molecule has 0 atom stereocenters. The average molecular weight is 242 g/mol. The van der Waals surface area contributed by atoms with Gasteiger partial charge in [0.05, 0.1) is 11.8 Å². The van der Waals surface area contributed by atoms with E-state index in [1.54, 1.807) is 50.8 Å². The number of carbonyl (C=O) groups is 1. The SMILES string of the molecule is CN(C)C(=O)c1ccccc1Oc1cccnc1. The Bertz CT molecular complexity index is 539. The molecule has 0 spiro atoms. The standard InChI is InChI=1S/C14H14N2O2/c1-16(2)14(17)12-7-3-4-8-13(12)18-11-6-5-9-15-10-11/h3-10H,1-2H3. The smallest absolute Gasteiger partial charge is 0.257 e. The zero-order valence-corrected chi connectivity index (χ0v) is 10.3. The number of carbonyl (C=O) groups excluding carboxylic acids is 1. The molecule has 0 aliphatic carbocycles. The summed E-state index contributed by atoms with van der Waals surface area (Å²) in [5.74, 6) is 1.05. The number of hydrogen-bond donors (Lipinski definition) is 0. The first-order chi connectivity index (χ1) is 8.68. The van der Waals surface area contributed by atoms with Gasteiger partial charge in [-0.1, -0.05) is 12.1 Å². The van der Waals surface area contributed by atoms with E-state index >= 15 is 0 Å². The Kier molecular flexibility index (Phi) is 3.57. The highest BCUT2D eigenvalue weighted by molar-refractivity contribution is 5.96. The van der Waals surface area contributed by atoms with E-state index in [1.807, 2.05) is 12.1 Å². The summed E-state index contributed by atoms with van der Waals surface area (Å²) < 4.78 is 5.67. The van der Waals surface area contributed by atoms with Gasteiger partial charge in [-0.2, -0.15) is 0 Å². The molecule has 1 amide bonds. The van der Waals surface area contributed by atoms with Crippen LogP contribution in [0.15, 0.2) is 48.8 Å². The summed E-state index contributed by atoms with van der Waals surface area (Å²) in [5.41, 5.74) is 0.534. The van der Waals surface area contributed by atoms with Crippen molar-refractivity contribution in [3.8, 4) is 11.5 Å². The molecule has 1 aromatic heterocycles. The van der Waals surface area contributed by atoms with Crippen LogP contribution in [-0.4, -0.2) is 29.9 Å². The molecule has 0 saturated heterocycles. The van der Waals surface area contributed by atoms with Crippen molar-refractivity contribution < 1.29 is 9.53 Å². The van der Waals surface area contributed by atoms with Crippen molar-refractivity contribution in [2.24, 2.45) is 0 Å². The van der Waals surface area contributed by atoms with Gasteiger partial charge in [-0.05, 0) is 24.3 Å². The van der Waals surface area contributed by atoms with Crippen molar-refractivity contribution >= 4 is 5.91 Å². The summed E-state index contributed by atoms with van der Waals surface area (Å²) in [6.07, 6.45) is 3.28. The predicted molar refractivity (Wildman–Crippen MR) is 68.8 cm³/mol. The molecule has 0 fully saturated rings. The Morgan fingerprint density at radius 2 is 1.94 bits per heavy atom. The van der Waals surface area contributed by atoms with E-state index in [1.165, 1.54) is 4.90 Å². The minimum absolute atomic E-state index is 0.0884. The predicted octanol–water partition coefficient (Wildman–Crippen LogP) is 2.58. The number of aromatic nitrogens is 1.